The van der Waals surface area contributed by atoms with Crippen molar-refractivity contribution >= 4 is 21.7 Å². The number of nitrogens with one attached hydrogen (secondary N) is 1. The second-order valence-corrected chi connectivity index (χ2v) is 7.99. The molecule has 1 aliphatic rings. The predicted molar refractivity (Wildman–Crippen MR) is 95.8 cm³/mol. The van der Waals surface area contributed by atoms with E-state index in [1.54, 1.807) is 0 Å². The standard InChI is InChI=1S/C18H16F3NO6S/c1-29(24,25)26-10-15-9-12-8-11(2-7-16(12)28-27-15)17(23)22-14-5-3-13(4-6-14)18(19,20)21/h2-8,15H,9-10H2,1H3,(H,22,23). The van der Waals surface area contributed by atoms with Gasteiger partial charge in [0.05, 0.1) is 18.4 Å². The highest BCUT2D eigenvalue weighted by Crippen LogP contribution is 2.30. The molecular weight excluding hydrogens is 415 g/mol. The van der Waals surface area contributed by atoms with Crippen LogP contribution >= 0.6 is 0 Å². The molecule has 11 heteroatoms. The van der Waals surface area contributed by atoms with E-state index in [4.69, 9.17) is 9.78 Å². The van der Waals surface area contributed by atoms with E-state index in [-0.39, 0.29) is 24.3 Å². The lowest BCUT2D eigenvalue weighted by Crippen LogP contribution is -2.29. The fraction of sp³-hybridized carbons (Fsp3) is 0.278. The third-order valence-corrected chi connectivity index (χ3v) is 4.55. The number of halogens is 3. The van der Waals surface area contributed by atoms with E-state index in [1.807, 2.05) is 0 Å². The Morgan fingerprint density at radius 3 is 2.52 bits per heavy atom. The van der Waals surface area contributed by atoms with E-state index in [1.165, 1.54) is 18.2 Å². The van der Waals surface area contributed by atoms with Gasteiger partial charge in [0.2, 0.25) is 0 Å². The van der Waals surface area contributed by atoms with Crippen LogP contribution in [-0.4, -0.2) is 33.3 Å². The van der Waals surface area contributed by atoms with Gasteiger partial charge in [-0.05, 0) is 42.5 Å². The third-order valence-electron chi connectivity index (χ3n) is 3.98. The third kappa shape index (κ3) is 5.68. The van der Waals surface area contributed by atoms with Crippen molar-refractivity contribution < 1.29 is 40.3 Å². The summed E-state index contributed by atoms with van der Waals surface area (Å²) in [4.78, 5) is 22.5. The lowest BCUT2D eigenvalue weighted by molar-refractivity contribution is -0.259. The smallest absolute Gasteiger partial charge is 0.337 e. The fourth-order valence-corrected chi connectivity index (χ4v) is 2.99. The molecule has 1 aliphatic heterocycles. The molecule has 1 amide bonds. The Hall–Kier alpha value is -2.63. The number of hydrogen-bond acceptors (Lipinski definition) is 6. The van der Waals surface area contributed by atoms with Gasteiger partial charge in [0.15, 0.2) is 5.75 Å². The Balaban J connectivity index is 1.68. The highest BCUT2D eigenvalue weighted by molar-refractivity contribution is 7.85. The first kappa shape index (κ1) is 21.1. The Labute approximate surface area is 164 Å². The van der Waals surface area contributed by atoms with Gasteiger partial charge >= 0.3 is 6.18 Å². The van der Waals surface area contributed by atoms with Crippen LogP contribution in [0.5, 0.6) is 5.75 Å². The Morgan fingerprint density at radius 1 is 1.21 bits per heavy atom. The highest BCUT2D eigenvalue weighted by Gasteiger charge is 2.30. The minimum absolute atomic E-state index is 0.208. The molecule has 1 heterocycles. The predicted octanol–water partition coefficient (Wildman–Crippen LogP) is 3.17. The first-order valence-electron chi connectivity index (χ1n) is 8.30. The minimum atomic E-state index is -4.46. The molecule has 0 fully saturated rings. The van der Waals surface area contributed by atoms with Gasteiger partial charge < -0.3 is 10.2 Å². The van der Waals surface area contributed by atoms with Crippen LogP contribution in [0.4, 0.5) is 18.9 Å². The molecule has 29 heavy (non-hydrogen) atoms. The second-order valence-electron chi connectivity index (χ2n) is 6.35. The molecule has 156 valence electrons. The van der Waals surface area contributed by atoms with E-state index >= 15 is 0 Å². The number of rotatable bonds is 5. The molecule has 7 nitrogen and oxygen atoms in total. The van der Waals surface area contributed by atoms with Gasteiger partial charge in [0.1, 0.15) is 6.10 Å². The highest BCUT2D eigenvalue weighted by atomic mass is 32.2. The maximum absolute atomic E-state index is 12.6. The van der Waals surface area contributed by atoms with Crippen molar-refractivity contribution in [3.63, 3.8) is 0 Å². The molecule has 2 aromatic carbocycles. The van der Waals surface area contributed by atoms with Gasteiger partial charge in [-0.25, -0.2) is 0 Å². The summed E-state index contributed by atoms with van der Waals surface area (Å²) in [5.41, 5.74) is 0.235. The number of amides is 1. The minimum Gasteiger partial charge on any atom is -0.337 e. The van der Waals surface area contributed by atoms with Crippen LogP contribution in [0.25, 0.3) is 0 Å². The van der Waals surface area contributed by atoms with Crippen molar-refractivity contribution in [3.8, 4) is 5.75 Å². The van der Waals surface area contributed by atoms with Crippen LogP contribution in [-0.2, 0) is 31.8 Å². The largest absolute Gasteiger partial charge is 0.416 e. The maximum atomic E-state index is 12.6. The number of carbonyl (C=O) groups excluding carboxylic acids is 1. The van der Waals surface area contributed by atoms with Crippen LogP contribution in [0, 0.1) is 0 Å². The topological polar surface area (TPSA) is 90.9 Å². The first-order valence-corrected chi connectivity index (χ1v) is 10.1. The molecule has 0 saturated heterocycles. The van der Waals surface area contributed by atoms with E-state index in [0.29, 0.717) is 11.3 Å². The molecule has 0 aliphatic carbocycles. The zero-order valence-electron chi connectivity index (χ0n) is 15.0. The van der Waals surface area contributed by atoms with E-state index in [2.05, 4.69) is 9.50 Å². The van der Waals surface area contributed by atoms with Gasteiger partial charge in [-0.2, -0.15) is 26.5 Å². The van der Waals surface area contributed by atoms with Crippen molar-refractivity contribution in [2.45, 2.75) is 18.7 Å². The average molecular weight is 431 g/mol. The summed E-state index contributed by atoms with van der Waals surface area (Å²) in [6, 6.07) is 8.58. The molecule has 0 radical (unpaired) electrons. The summed E-state index contributed by atoms with van der Waals surface area (Å²) in [6.45, 7) is -0.250. The Kier molecular flexibility index (Phi) is 5.82. The summed E-state index contributed by atoms with van der Waals surface area (Å²) in [5, 5.41) is 2.52. The average Bonchev–Trinajstić information content (AvgIpc) is 2.65. The molecule has 3 rings (SSSR count). The van der Waals surface area contributed by atoms with Crippen LogP contribution in [0.2, 0.25) is 0 Å². The van der Waals surface area contributed by atoms with Gasteiger partial charge in [0, 0.05) is 23.2 Å². The van der Waals surface area contributed by atoms with Gasteiger partial charge in [-0.15, -0.1) is 0 Å². The maximum Gasteiger partial charge on any atom is 0.416 e. The molecule has 0 saturated carbocycles. The van der Waals surface area contributed by atoms with Gasteiger partial charge in [-0.1, -0.05) is 0 Å². The van der Waals surface area contributed by atoms with Crippen LogP contribution in [0.1, 0.15) is 21.5 Å². The van der Waals surface area contributed by atoms with Gasteiger partial charge in [-0.3, -0.25) is 8.98 Å². The van der Waals surface area contributed by atoms with Crippen molar-refractivity contribution in [1.82, 2.24) is 0 Å². The fourth-order valence-electron chi connectivity index (χ4n) is 2.59. The molecule has 0 aromatic heterocycles. The number of fused-ring (bicyclic) bond motifs is 1. The van der Waals surface area contributed by atoms with Crippen molar-refractivity contribution in [3.05, 3.63) is 59.2 Å². The summed E-state index contributed by atoms with van der Waals surface area (Å²) >= 11 is 0. The van der Waals surface area contributed by atoms with Crippen LogP contribution < -0.4 is 10.2 Å². The Bertz CT molecular complexity index is 1010. The lowest BCUT2D eigenvalue weighted by Gasteiger charge is -2.23. The van der Waals surface area contributed by atoms with Crippen molar-refractivity contribution in [2.24, 2.45) is 0 Å². The monoisotopic (exact) mass is 431 g/mol. The molecule has 1 unspecified atom stereocenters. The molecule has 0 spiro atoms. The number of anilines is 1. The summed E-state index contributed by atoms with van der Waals surface area (Å²) in [6.07, 6.45) is -3.99. The Morgan fingerprint density at radius 2 is 1.90 bits per heavy atom. The molecule has 0 bridgehead atoms. The SMILES string of the molecule is CS(=O)(=O)OCC1Cc2cc(C(=O)Nc3ccc(C(F)(F)F)cc3)ccc2OO1. The summed E-state index contributed by atoms with van der Waals surface area (Å²) in [5.74, 6) is -0.158. The second kappa shape index (κ2) is 8.01. The van der Waals surface area contributed by atoms with E-state index < -0.39 is 33.9 Å². The van der Waals surface area contributed by atoms with E-state index in [0.717, 1.165) is 30.5 Å². The van der Waals surface area contributed by atoms with Crippen molar-refractivity contribution in [2.75, 3.05) is 18.2 Å². The first-order chi connectivity index (χ1) is 13.5. The number of carbonyl (C=O) groups is 1. The zero-order valence-corrected chi connectivity index (χ0v) is 15.8. The molecular formula is C18H16F3NO6S. The van der Waals surface area contributed by atoms with Gasteiger partial charge in [0.25, 0.3) is 16.0 Å². The summed E-state index contributed by atoms with van der Waals surface area (Å²) in [7, 11) is -3.64. The summed E-state index contributed by atoms with van der Waals surface area (Å²) < 4.78 is 64.7. The molecule has 1 atom stereocenters. The van der Waals surface area contributed by atoms with Crippen LogP contribution in [0.3, 0.4) is 0 Å². The number of hydrogen-bond donors (Lipinski definition) is 1. The van der Waals surface area contributed by atoms with Crippen molar-refractivity contribution in [1.29, 1.82) is 0 Å². The van der Waals surface area contributed by atoms with E-state index in [9.17, 15) is 26.4 Å². The number of benzene rings is 2. The quantitative estimate of drug-likeness (QED) is 0.578. The lowest BCUT2D eigenvalue weighted by atomic mass is 10.0. The zero-order chi connectivity index (χ0) is 21.2. The number of alkyl halides is 3. The van der Waals surface area contributed by atoms with Crippen LogP contribution in [0.15, 0.2) is 42.5 Å². The normalized spacial score (nSPS) is 16.6. The molecule has 2 aromatic rings. The molecule has 1 N–H and O–H groups in total.